The molecule has 1 heteroatoms. The van der Waals surface area contributed by atoms with E-state index in [1.54, 1.807) is 0 Å². The SMILES string of the molecule is CC1(C)c2ccccc2C2=CC=C(N)CC21. The van der Waals surface area contributed by atoms with E-state index in [0.717, 1.165) is 12.1 Å². The third-order valence-electron chi connectivity index (χ3n) is 4.10. The van der Waals surface area contributed by atoms with Crippen molar-refractivity contribution >= 4 is 5.57 Å². The van der Waals surface area contributed by atoms with Gasteiger partial charge in [-0.1, -0.05) is 44.2 Å². The molecule has 2 aliphatic carbocycles. The molecule has 0 saturated carbocycles. The molecule has 0 amide bonds. The van der Waals surface area contributed by atoms with Gasteiger partial charge in [0.2, 0.25) is 0 Å². The number of allylic oxidation sites excluding steroid dienone is 4. The van der Waals surface area contributed by atoms with Gasteiger partial charge in [0.1, 0.15) is 0 Å². The second kappa shape index (κ2) is 3.00. The fourth-order valence-electron chi connectivity index (χ4n) is 3.13. The van der Waals surface area contributed by atoms with Gasteiger partial charge in [0.15, 0.2) is 0 Å². The van der Waals surface area contributed by atoms with Gasteiger partial charge in [-0.25, -0.2) is 0 Å². The number of fused-ring (bicyclic) bond motifs is 3. The van der Waals surface area contributed by atoms with Crippen LogP contribution in [0.2, 0.25) is 0 Å². The average Bonchev–Trinajstić information content (AvgIpc) is 2.49. The van der Waals surface area contributed by atoms with Gasteiger partial charge in [0.05, 0.1) is 0 Å². The van der Waals surface area contributed by atoms with Crippen molar-refractivity contribution in [2.24, 2.45) is 11.7 Å². The number of hydrogen-bond donors (Lipinski definition) is 1. The molecule has 3 rings (SSSR count). The van der Waals surface area contributed by atoms with Crippen molar-refractivity contribution in [2.45, 2.75) is 25.7 Å². The Labute approximate surface area is 96.7 Å². The van der Waals surface area contributed by atoms with Gasteiger partial charge in [-0.3, -0.25) is 0 Å². The Morgan fingerprint density at radius 3 is 2.75 bits per heavy atom. The molecule has 0 aliphatic heterocycles. The highest BCUT2D eigenvalue weighted by Crippen LogP contribution is 2.52. The Morgan fingerprint density at radius 2 is 1.94 bits per heavy atom. The van der Waals surface area contributed by atoms with E-state index in [0.29, 0.717) is 5.92 Å². The highest BCUT2D eigenvalue weighted by Gasteiger charge is 2.43. The molecular weight excluding hydrogens is 194 g/mol. The summed E-state index contributed by atoms with van der Waals surface area (Å²) in [5.41, 5.74) is 11.5. The minimum absolute atomic E-state index is 0.210. The maximum absolute atomic E-state index is 5.96. The van der Waals surface area contributed by atoms with Crippen molar-refractivity contribution in [3.8, 4) is 0 Å². The normalized spacial score (nSPS) is 25.5. The van der Waals surface area contributed by atoms with Crippen molar-refractivity contribution in [1.29, 1.82) is 0 Å². The van der Waals surface area contributed by atoms with E-state index in [1.807, 2.05) is 0 Å². The maximum atomic E-state index is 5.96. The van der Waals surface area contributed by atoms with Gasteiger partial charge in [-0.15, -0.1) is 0 Å². The third-order valence-corrected chi connectivity index (χ3v) is 4.10. The Balaban J connectivity index is 2.24. The van der Waals surface area contributed by atoms with Crippen LogP contribution in [0.25, 0.3) is 5.57 Å². The van der Waals surface area contributed by atoms with Gasteiger partial charge in [0.25, 0.3) is 0 Å². The van der Waals surface area contributed by atoms with E-state index in [1.165, 1.54) is 16.7 Å². The zero-order chi connectivity index (χ0) is 11.3. The van der Waals surface area contributed by atoms with Crippen molar-refractivity contribution < 1.29 is 0 Å². The van der Waals surface area contributed by atoms with Crippen LogP contribution in [0.15, 0.2) is 42.1 Å². The van der Waals surface area contributed by atoms with Crippen LogP contribution < -0.4 is 5.73 Å². The van der Waals surface area contributed by atoms with Crippen LogP contribution in [-0.2, 0) is 5.41 Å². The summed E-state index contributed by atoms with van der Waals surface area (Å²) in [5, 5.41) is 0. The minimum atomic E-state index is 0.210. The van der Waals surface area contributed by atoms with Gasteiger partial charge in [-0.05, 0) is 40.5 Å². The average molecular weight is 211 g/mol. The molecule has 82 valence electrons. The number of benzene rings is 1. The lowest BCUT2D eigenvalue weighted by atomic mass is 9.74. The Morgan fingerprint density at radius 1 is 1.19 bits per heavy atom. The number of hydrogen-bond acceptors (Lipinski definition) is 1. The Bertz CT molecular complexity index is 506. The molecule has 0 spiro atoms. The molecule has 0 radical (unpaired) electrons. The van der Waals surface area contributed by atoms with Crippen LogP contribution >= 0.6 is 0 Å². The smallest absolute Gasteiger partial charge is 0.00870 e. The molecule has 2 N–H and O–H groups in total. The molecule has 0 aromatic heterocycles. The first kappa shape index (κ1) is 9.71. The van der Waals surface area contributed by atoms with E-state index < -0.39 is 0 Å². The van der Waals surface area contributed by atoms with Crippen LogP contribution in [0.1, 0.15) is 31.4 Å². The molecule has 1 nitrogen and oxygen atoms in total. The first-order valence-electron chi connectivity index (χ1n) is 5.87. The summed E-state index contributed by atoms with van der Waals surface area (Å²) in [6, 6.07) is 8.75. The highest BCUT2D eigenvalue weighted by molar-refractivity contribution is 5.79. The summed E-state index contributed by atoms with van der Waals surface area (Å²) >= 11 is 0. The summed E-state index contributed by atoms with van der Waals surface area (Å²) in [7, 11) is 0. The second-order valence-electron chi connectivity index (χ2n) is 5.39. The summed E-state index contributed by atoms with van der Waals surface area (Å²) in [4.78, 5) is 0. The van der Waals surface area contributed by atoms with Crippen molar-refractivity contribution in [3.63, 3.8) is 0 Å². The molecule has 1 aromatic rings. The molecule has 16 heavy (non-hydrogen) atoms. The Kier molecular flexibility index (Phi) is 1.82. The molecule has 2 aliphatic rings. The molecule has 1 atom stereocenters. The summed E-state index contributed by atoms with van der Waals surface area (Å²) < 4.78 is 0. The fourth-order valence-corrected chi connectivity index (χ4v) is 3.13. The van der Waals surface area contributed by atoms with Crippen molar-refractivity contribution in [3.05, 3.63) is 53.2 Å². The van der Waals surface area contributed by atoms with Crippen LogP contribution in [0, 0.1) is 5.92 Å². The third kappa shape index (κ3) is 1.12. The van der Waals surface area contributed by atoms with Crippen LogP contribution in [0.4, 0.5) is 0 Å². The first-order chi connectivity index (χ1) is 7.60. The minimum Gasteiger partial charge on any atom is -0.402 e. The quantitative estimate of drug-likeness (QED) is 0.700. The highest BCUT2D eigenvalue weighted by atomic mass is 14.6. The summed E-state index contributed by atoms with van der Waals surface area (Å²) in [6.07, 6.45) is 5.26. The summed E-state index contributed by atoms with van der Waals surface area (Å²) in [6.45, 7) is 4.66. The molecule has 0 bridgehead atoms. The van der Waals surface area contributed by atoms with Crippen molar-refractivity contribution in [2.75, 3.05) is 0 Å². The molecule has 1 unspecified atom stereocenters. The Hall–Kier alpha value is -1.50. The predicted octanol–water partition coefficient (Wildman–Crippen LogP) is 3.22. The molecule has 0 saturated heterocycles. The van der Waals surface area contributed by atoms with E-state index in [4.69, 9.17) is 5.73 Å². The number of rotatable bonds is 0. The van der Waals surface area contributed by atoms with Crippen LogP contribution in [0.5, 0.6) is 0 Å². The van der Waals surface area contributed by atoms with E-state index in [2.05, 4.69) is 50.3 Å². The molecule has 0 heterocycles. The number of nitrogens with two attached hydrogens (primary N) is 1. The van der Waals surface area contributed by atoms with E-state index in [9.17, 15) is 0 Å². The molecule has 1 aromatic carbocycles. The van der Waals surface area contributed by atoms with Gasteiger partial charge >= 0.3 is 0 Å². The zero-order valence-electron chi connectivity index (χ0n) is 9.83. The van der Waals surface area contributed by atoms with Gasteiger partial charge in [0, 0.05) is 5.70 Å². The topological polar surface area (TPSA) is 26.0 Å². The van der Waals surface area contributed by atoms with Gasteiger partial charge in [-0.2, -0.15) is 0 Å². The first-order valence-corrected chi connectivity index (χ1v) is 5.87. The molecule has 0 fully saturated rings. The molecular formula is C15H17N. The monoisotopic (exact) mass is 211 g/mol. The van der Waals surface area contributed by atoms with E-state index in [-0.39, 0.29) is 5.41 Å². The second-order valence-corrected chi connectivity index (χ2v) is 5.39. The van der Waals surface area contributed by atoms with Crippen LogP contribution in [-0.4, -0.2) is 0 Å². The largest absolute Gasteiger partial charge is 0.402 e. The van der Waals surface area contributed by atoms with Gasteiger partial charge < -0.3 is 5.73 Å². The predicted molar refractivity (Wildman–Crippen MR) is 67.8 cm³/mol. The lowest BCUT2D eigenvalue weighted by Crippen LogP contribution is -2.26. The van der Waals surface area contributed by atoms with E-state index >= 15 is 0 Å². The van der Waals surface area contributed by atoms with Crippen molar-refractivity contribution in [1.82, 2.24) is 0 Å². The lowest BCUT2D eigenvalue weighted by molar-refractivity contribution is 0.407. The fraction of sp³-hybridized carbons (Fsp3) is 0.333. The summed E-state index contributed by atoms with van der Waals surface area (Å²) in [5.74, 6) is 0.551. The zero-order valence-corrected chi connectivity index (χ0v) is 9.83. The maximum Gasteiger partial charge on any atom is 0.00870 e. The standard InChI is InChI=1S/C15H17N/c1-15(2)13-6-4-3-5-11(13)12-8-7-10(16)9-14(12)15/h3-8,14H,9,16H2,1-2H3. The lowest BCUT2D eigenvalue weighted by Gasteiger charge is -2.30. The van der Waals surface area contributed by atoms with Crippen LogP contribution in [0.3, 0.4) is 0 Å².